The van der Waals surface area contributed by atoms with Crippen molar-refractivity contribution in [1.82, 2.24) is 15.0 Å². The van der Waals surface area contributed by atoms with E-state index in [9.17, 15) is 0 Å². The Morgan fingerprint density at radius 3 is 0.714 bits per heavy atom. The zero-order valence-corrected chi connectivity index (χ0v) is 60.3. The van der Waals surface area contributed by atoms with Crippen molar-refractivity contribution in [3.63, 3.8) is 0 Å². The van der Waals surface area contributed by atoms with Crippen molar-refractivity contribution in [3.8, 4) is 0 Å². The molecule has 0 N–H and O–H groups in total. The first-order valence-corrected chi connectivity index (χ1v) is 31.3. The molecule has 0 bridgehead atoms. The lowest BCUT2D eigenvalue weighted by Gasteiger charge is -2.24. The summed E-state index contributed by atoms with van der Waals surface area (Å²) in [4.78, 5) is 22.3. The Balaban J connectivity index is 0.000000266. The van der Waals surface area contributed by atoms with Crippen molar-refractivity contribution in [2.75, 3.05) is 136 Å². The third-order valence-electron chi connectivity index (χ3n) is 14.8. The molecule has 0 aliphatic heterocycles. The zero-order chi connectivity index (χ0) is 57.7. The van der Waals surface area contributed by atoms with Crippen molar-refractivity contribution < 1.29 is 100 Å². The van der Waals surface area contributed by atoms with Gasteiger partial charge in [0.25, 0.3) is 28.2 Å². The summed E-state index contributed by atoms with van der Waals surface area (Å²) >= 11 is 5.51. The SMILES string of the molecule is CCc1cccc2[s+]c3cc(N(CCOC)CCOC)cc(CC)c3nc12.CCc1cccc2[s+]c3cc(N(CCOC)CCOC)cc(CC)c3nc12.CCc1cccc2[s+]c3cc(N(CCOC)CCOC)cc(CC)c3nc12.[I-].[I-].[I-]. The number of anilines is 3. The van der Waals surface area contributed by atoms with Gasteiger partial charge in [-0.2, -0.15) is 0 Å². The van der Waals surface area contributed by atoms with E-state index in [-0.39, 0.29) is 71.9 Å². The third kappa shape index (κ3) is 18.9. The number of halogens is 3. The molecule has 0 radical (unpaired) electrons. The van der Waals surface area contributed by atoms with Gasteiger partial charge in [0.05, 0.1) is 39.6 Å². The van der Waals surface area contributed by atoms with Crippen LogP contribution in [-0.2, 0) is 66.9 Å². The van der Waals surface area contributed by atoms with E-state index >= 15 is 0 Å². The number of aryl methyl sites for hydroxylation is 6. The molecule has 0 atom stereocenters. The number of hydrogen-bond acceptors (Lipinski definition) is 12. The molecule has 84 heavy (non-hydrogen) atoms. The van der Waals surface area contributed by atoms with Crippen molar-refractivity contribution in [2.45, 2.75) is 80.1 Å². The lowest BCUT2D eigenvalue weighted by molar-refractivity contribution is -0.001000. The Bertz CT molecular complexity index is 3090. The number of hydrogen-bond donors (Lipinski definition) is 0. The molecule has 0 saturated heterocycles. The average molecular weight is 1540 g/mol. The molecule has 9 aromatic rings. The second-order valence-electron chi connectivity index (χ2n) is 19.8. The largest absolute Gasteiger partial charge is 1.00 e. The van der Waals surface area contributed by atoms with E-state index < -0.39 is 0 Å². The second kappa shape index (κ2) is 38.2. The minimum Gasteiger partial charge on any atom is -1.00 e. The van der Waals surface area contributed by atoms with Crippen LogP contribution in [0.3, 0.4) is 0 Å². The number of ether oxygens (including phenoxy) is 6. The van der Waals surface area contributed by atoms with Crippen molar-refractivity contribution in [2.24, 2.45) is 0 Å². The highest BCUT2D eigenvalue weighted by atomic mass is 127. The fraction of sp³-hybridized carbons (Fsp3) is 0.455. The van der Waals surface area contributed by atoms with Gasteiger partial charge in [0.2, 0.25) is 34.0 Å². The molecule has 0 aliphatic rings. The van der Waals surface area contributed by atoms with E-state index in [1.165, 1.54) is 78.6 Å². The second-order valence-corrected chi connectivity index (χ2v) is 23.1. The molecule has 6 aromatic carbocycles. The summed E-state index contributed by atoms with van der Waals surface area (Å²) in [6, 6.07) is 33.2. The highest BCUT2D eigenvalue weighted by Crippen LogP contribution is 2.37. The van der Waals surface area contributed by atoms with E-state index in [4.69, 9.17) is 43.4 Å². The van der Waals surface area contributed by atoms with Crippen LogP contribution in [0.25, 0.3) is 61.3 Å². The maximum Gasteiger partial charge on any atom is 0.259 e. The highest BCUT2D eigenvalue weighted by Gasteiger charge is 2.24. The number of para-hydroxylation sites is 3. The monoisotopic (exact) mass is 1540 g/mol. The van der Waals surface area contributed by atoms with Crippen LogP contribution in [0.15, 0.2) is 91.0 Å². The molecule has 0 spiro atoms. The van der Waals surface area contributed by atoms with Gasteiger partial charge in [-0.3, -0.25) is 0 Å². The molecule has 0 fully saturated rings. The van der Waals surface area contributed by atoms with Crippen LogP contribution in [0.2, 0.25) is 0 Å². The predicted octanol–water partition coefficient (Wildman–Crippen LogP) is 5.88. The number of rotatable bonds is 27. The third-order valence-corrected chi connectivity index (χ3v) is 18.0. The van der Waals surface area contributed by atoms with Gasteiger partial charge in [-0.25, -0.2) is 15.0 Å². The molecule has 0 unspecified atom stereocenters. The summed E-state index contributed by atoms with van der Waals surface area (Å²) in [6.07, 6.45) is 5.91. The van der Waals surface area contributed by atoms with Gasteiger partial charge in [-0.1, -0.05) is 77.9 Å². The Labute approximate surface area is 563 Å². The normalized spacial score (nSPS) is 11.0. The summed E-state index contributed by atoms with van der Waals surface area (Å²) in [6.45, 7) is 22.5. The van der Waals surface area contributed by atoms with Gasteiger partial charge < -0.3 is 115 Å². The van der Waals surface area contributed by atoms with Crippen LogP contribution >= 0.6 is 34.0 Å². The van der Waals surface area contributed by atoms with E-state index in [1.54, 1.807) is 42.7 Å². The van der Waals surface area contributed by atoms with Gasteiger partial charge >= 0.3 is 0 Å². The van der Waals surface area contributed by atoms with Gasteiger partial charge in [0.15, 0.2) is 0 Å². The minimum atomic E-state index is 0. The maximum atomic E-state index is 5.31. The van der Waals surface area contributed by atoms with E-state index in [0.717, 1.165) is 111 Å². The summed E-state index contributed by atoms with van der Waals surface area (Å²) in [5.74, 6) is 0. The average Bonchev–Trinajstić information content (AvgIpc) is 3.55. The summed E-state index contributed by atoms with van der Waals surface area (Å²) in [7, 11) is 10.5. The van der Waals surface area contributed by atoms with Crippen molar-refractivity contribution >= 4 is 112 Å². The van der Waals surface area contributed by atoms with Gasteiger partial charge in [-0.05, 0) is 90.1 Å². The van der Waals surface area contributed by atoms with Crippen LogP contribution in [0.1, 0.15) is 74.9 Å². The molecule has 0 aliphatic carbocycles. The minimum absolute atomic E-state index is 0. The number of methoxy groups -OCH3 is 6. The quantitative estimate of drug-likeness (QED) is 0.0350. The summed E-state index contributed by atoms with van der Waals surface area (Å²) in [5.41, 5.74) is 18.4. The first-order valence-electron chi connectivity index (χ1n) is 28.9. The fourth-order valence-corrected chi connectivity index (χ4v) is 13.4. The molecule has 12 nitrogen and oxygen atoms in total. The lowest BCUT2D eigenvalue weighted by atomic mass is 10.1. The number of benzene rings is 6. The van der Waals surface area contributed by atoms with Gasteiger partial charge in [0.1, 0.15) is 33.1 Å². The van der Waals surface area contributed by atoms with Gasteiger partial charge in [-0.15, -0.1) is 0 Å². The maximum absolute atomic E-state index is 5.31. The molecule has 3 aromatic heterocycles. The topological polar surface area (TPSA) is 104 Å². The Morgan fingerprint density at radius 1 is 0.298 bits per heavy atom. The number of aromatic nitrogens is 3. The summed E-state index contributed by atoms with van der Waals surface area (Å²) in [5, 5.41) is 0. The number of nitrogens with zero attached hydrogens (tertiary/aromatic N) is 6. The Hall–Kier alpha value is -3.27. The number of fused-ring (bicyclic) bond motifs is 6. The first kappa shape index (κ1) is 73.2. The molecule has 3 heterocycles. The van der Waals surface area contributed by atoms with Crippen molar-refractivity contribution in [1.29, 1.82) is 0 Å². The van der Waals surface area contributed by atoms with Crippen LogP contribution in [0.5, 0.6) is 0 Å². The molecule has 456 valence electrons. The van der Waals surface area contributed by atoms with E-state index in [1.807, 2.05) is 34.0 Å². The molecule has 0 amide bonds. The Kier molecular flexibility index (Phi) is 33.3. The Morgan fingerprint density at radius 2 is 0.512 bits per heavy atom. The van der Waals surface area contributed by atoms with E-state index in [2.05, 4.69) is 147 Å². The fourth-order valence-electron chi connectivity index (χ4n) is 10.1. The van der Waals surface area contributed by atoms with Crippen LogP contribution in [-0.4, -0.2) is 137 Å². The predicted molar refractivity (Wildman–Crippen MR) is 349 cm³/mol. The van der Waals surface area contributed by atoms with Crippen LogP contribution in [0, 0.1) is 0 Å². The van der Waals surface area contributed by atoms with Crippen LogP contribution < -0.4 is 86.6 Å². The smallest absolute Gasteiger partial charge is 0.259 e. The molecule has 0 saturated carbocycles. The summed E-state index contributed by atoms with van der Waals surface area (Å²) < 4.78 is 39.3. The molecular weight excluding hydrogens is 1450 g/mol. The van der Waals surface area contributed by atoms with E-state index in [0.29, 0.717) is 39.6 Å². The van der Waals surface area contributed by atoms with Gasteiger partial charge in [0, 0.05) is 135 Å². The highest BCUT2D eigenvalue weighted by molar-refractivity contribution is 7.25. The standard InChI is InChI=1S/3C22H29N2O2S.3HI/c3*1-5-16-8-7-9-19-21(16)23-22-17(6-2)14-18(15-20(22)27-19)24(10-12-25-3)11-13-26-4;;;/h3*7-9,14-15H,5-6,10-13H2,1-4H3;3*1H/q3*+1;;;/p-3. The molecule has 9 rings (SSSR count). The van der Waals surface area contributed by atoms with Crippen molar-refractivity contribution in [3.05, 3.63) is 124 Å². The first-order chi connectivity index (χ1) is 39.6. The molecule has 18 heteroatoms. The van der Waals surface area contributed by atoms with Crippen LogP contribution in [0.4, 0.5) is 17.1 Å². The zero-order valence-electron chi connectivity index (χ0n) is 51.4. The molecular formula is C66H87I3N6O6S3. The lowest BCUT2D eigenvalue weighted by Crippen LogP contribution is -3.00.